The molecule has 1 aromatic carbocycles. The molecule has 0 heterocycles. The van der Waals surface area contributed by atoms with E-state index in [0.717, 1.165) is 6.54 Å². The molecule has 2 heteroatoms. The maximum absolute atomic E-state index is 5.71. The van der Waals surface area contributed by atoms with Gasteiger partial charge in [0.1, 0.15) is 0 Å². The van der Waals surface area contributed by atoms with Gasteiger partial charge in [-0.05, 0) is 38.8 Å². The normalized spacial score (nSPS) is 12.6. The van der Waals surface area contributed by atoms with E-state index in [1.807, 2.05) is 6.92 Å². The lowest BCUT2D eigenvalue weighted by Crippen LogP contribution is -2.25. The number of hydrogen-bond donors (Lipinski definition) is 2. The number of rotatable bonds is 3. The first-order valence-electron chi connectivity index (χ1n) is 5.08. The Balaban J connectivity index is 2.86. The summed E-state index contributed by atoms with van der Waals surface area (Å²) in [4.78, 5) is 0. The molecule has 1 aromatic rings. The Kier molecular flexibility index (Phi) is 3.53. The van der Waals surface area contributed by atoms with E-state index in [1.165, 1.54) is 22.4 Å². The van der Waals surface area contributed by atoms with E-state index in [4.69, 9.17) is 5.73 Å². The second kappa shape index (κ2) is 4.47. The third kappa shape index (κ3) is 2.74. The molecule has 78 valence electrons. The quantitative estimate of drug-likeness (QED) is 0.771. The molecule has 0 unspecified atom stereocenters. The van der Waals surface area contributed by atoms with Gasteiger partial charge in [0, 0.05) is 18.3 Å². The summed E-state index contributed by atoms with van der Waals surface area (Å²) in [5.41, 5.74) is 10.8. The molecule has 0 aliphatic heterocycles. The average molecular weight is 192 g/mol. The molecule has 0 bridgehead atoms. The average Bonchev–Trinajstić information content (AvgIpc) is 2.01. The highest BCUT2D eigenvalue weighted by molar-refractivity contribution is 5.58. The van der Waals surface area contributed by atoms with Gasteiger partial charge in [0.05, 0.1) is 0 Å². The van der Waals surface area contributed by atoms with Gasteiger partial charge < -0.3 is 11.1 Å². The van der Waals surface area contributed by atoms with Gasteiger partial charge in [-0.25, -0.2) is 0 Å². The number of aryl methyl sites for hydroxylation is 3. The fourth-order valence-corrected chi connectivity index (χ4v) is 1.72. The summed E-state index contributed by atoms with van der Waals surface area (Å²) < 4.78 is 0. The van der Waals surface area contributed by atoms with Gasteiger partial charge in [-0.1, -0.05) is 17.7 Å². The van der Waals surface area contributed by atoms with Crippen LogP contribution in [0, 0.1) is 20.8 Å². The molecule has 0 radical (unpaired) electrons. The number of nitrogens with two attached hydrogens (primary N) is 1. The minimum atomic E-state index is 0.190. The first-order valence-corrected chi connectivity index (χ1v) is 5.08. The zero-order chi connectivity index (χ0) is 10.7. The van der Waals surface area contributed by atoms with Crippen LogP contribution in [0.3, 0.4) is 0 Å². The molecule has 0 spiro atoms. The number of benzene rings is 1. The van der Waals surface area contributed by atoms with Crippen molar-refractivity contribution in [1.82, 2.24) is 0 Å². The predicted molar refractivity (Wildman–Crippen MR) is 62.8 cm³/mol. The van der Waals surface area contributed by atoms with Crippen molar-refractivity contribution in [3.8, 4) is 0 Å². The molecule has 14 heavy (non-hydrogen) atoms. The first-order chi connectivity index (χ1) is 6.50. The Morgan fingerprint density at radius 2 is 1.71 bits per heavy atom. The van der Waals surface area contributed by atoms with Crippen LogP contribution in [0.25, 0.3) is 0 Å². The summed E-state index contributed by atoms with van der Waals surface area (Å²) in [6.07, 6.45) is 0. The van der Waals surface area contributed by atoms with Crippen LogP contribution in [0.2, 0.25) is 0 Å². The lowest BCUT2D eigenvalue weighted by molar-refractivity contribution is 0.779. The van der Waals surface area contributed by atoms with Gasteiger partial charge in [-0.2, -0.15) is 0 Å². The standard InChI is InChI=1S/C12H20N2/c1-8-5-9(2)12(10(3)6-8)14-7-11(4)13/h5-6,11,14H,7,13H2,1-4H3/t11-/m0/s1. The summed E-state index contributed by atoms with van der Waals surface area (Å²) in [6, 6.07) is 4.57. The molecule has 0 saturated heterocycles. The Morgan fingerprint density at radius 1 is 1.21 bits per heavy atom. The zero-order valence-corrected chi connectivity index (χ0v) is 9.52. The Labute approximate surface area is 86.5 Å². The second-order valence-electron chi connectivity index (χ2n) is 4.13. The van der Waals surface area contributed by atoms with Crippen molar-refractivity contribution < 1.29 is 0 Å². The van der Waals surface area contributed by atoms with Crippen molar-refractivity contribution in [1.29, 1.82) is 0 Å². The molecule has 0 aliphatic carbocycles. The van der Waals surface area contributed by atoms with E-state index in [9.17, 15) is 0 Å². The third-order valence-corrected chi connectivity index (χ3v) is 2.28. The van der Waals surface area contributed by atoms with Crippen LogP contribution in [0.1, 0.15) is 23.6 Å². The Bertz CT molecular complexity index is 293. The first kappa shape index (κ1) is 11.1. The highest BCUT2D eigenvalue weighted by Crippen LogP contribution is 2.21. The predicted octanol–water partition coefficient (Wildman–Crippen LogP) is 2.37. The van der Waals surface area contributed by atoms with Crippen LogP contribution in [-0.2, 0) is 0 Å². The van der Waals surface area contributed by atoms with Crippen LogP contribution >= 0.6 is 0 Å². The monoisotopic (exact) mass is 192 g/mol. The summed E-state index contributed by atoms with van der Waals surface area (Å²) in [5, 5.41) is 3.38. The number of hydrogen-bond acceptors (Lipinski definition) is 2. The van der Waals surface area contributed by atoms with E-state index in [1.54, 1.807) is 0 Å². The third-order valence-electron chi connectivity index (χ3n) is 2.28. The van der Waals surface area contributed by atoms with Gasteiger partial charge in [0.15, 0.2) is 0 Å². The van der Waals surface area contributed by atoms with Gasteiger partial charge in [-0.15, -0.1) is 0 Å². The molecule has 1 rings (SSSR count). The highest BCUT2D eigenvalue weighted by atomic mass is 14.9. The van der Waals surface area contributed by atoms with E-state index in [-0.39, 0.29) is 6.04 Å². The zero-order valence-electron chi connectivity index (χ0n) is 9.52. The van der Waals surface area contributed by atoms with Crippen LogP contribution in [0.5, 0.6) is 0 Å². The molecule has 0 fully saturated rings. The van der Waals surface area contributed by atoms with E-state index >= 15 is 0 Å². The van der Waals surface area contributed by atoms with Gasteiger partial charge in [-0.3, -0.25) is 0 Å². The van der Waals surface area contributed by atoms with E-state index in [0.29, 0.717) is 0 Å². The molecular formula is C12H20N2. The van der Waals surface area contributed by atoms with Crippen molar-refractivity contribution >= 4 is 5.69 Å². The molecular weight excluding hydrogens is 172 g/mol. The van der Waals surface area contributed by atoms with Crippen molar-refractivity contribution in [2.24, 2.45) is 5.73 Å². The van der Waals surface area contributed by atoms with Crippen molar-refractivity contribution in [2.75, 3.05) is 11.9 Å². The largest absolute Gasteiger partial charge is 0.383 e. The summed E-state index contributed by atoms with van der Waals surface area (Å²) in [5.74, 6) is 0. The van der Waals surface area contributed by atoms with Crippen LogP contribution < -0.4 is 11.1 Å². The molecule has 0 aromatic heterocycles. The summed E-state index contributed by atoms with van der Waals surface area (Å²) >= 11 is 0. The molecule has 0 aliphatic rings. The molecule has 3 N–H and O–H groups in total. The number of nitrogens with one attached hydrogen (secondary N) is 1. The van der Waals surface area contributed by atoms with Gasteiger partial charge in [0.2, 0.25) is 0 Å². The molecule has 0 saturated carbocycles. The minimum Gasteiger partial charge on any atom is -0.383 e. The van der Waals surface area contributed by atoms with Crippen LogP contribution in [0.15, 0.2) is 12.1 Å². The lowest BCUT2D eigenvalue weighted by Gasteiger charge is -2.15. The number of anilines is 1. The second-order valence-corrected chi connectivity index (χ2v) is 4.13. The van der Waals surface area contributed by atoms with Gasteiger partial charge in [0.25, 0.3) is 0 Å². The molecule has 2 nitrogen and oxygen atoms in total. The molecule has 0 amide bonds. The van der Waals surface area contributed by atoms with Crippen LogP contribution in [0.4, 0.5) is 5.69 Å². The summed E-state index contributed by atoms with van der Waals surface area (Å²) in [7, 11) is 0. The maximum Gasteiger partial charge on any atom is 0.0400 e. The fraction of sp³-hybridized carbons (Fsp3) is 0.500. The van der Waals surface area contributed by atoms with Crippen molar-refractivity contribution in [3.05, 3.63) is 28.8 Å². The Hall–Kier alpha value is -1.02. The lowest BCUT2D eigenvalue weighted by atomic mass is 10.1. The topological polar surface area (TPSA) is 38.0 Å². The maximum atomic E-state index is 5.71. The highest BCUT2D eigenvalue weighted by Gasteiger charge is 2.03. The minimum absolute atomic E-state index is 0.190. The summed E-state index contributed by atoms with van der Waals surface area (Å²) in [6.45, 7) is 9.21. The van der Waals surface area contributed by atoms with E-state index < -0.39 is 0 Å². The smallest absolute Gasteiger partial charge is 0.0400 e. The Morgan fingerprint density at radius 3 is 2.14 bits per heavy atom. The van der Waals surface area contributed by atoms with Crippen LogP contribution in [-0.4, -0.2) is 12.6 Å². The fourth-order valence-electron chi connectivity index (χ4n) is 1.72. The SMILES string of the molecule is Cc1cc(C)c(NC[C@H](C)N)c(C)c1. The van der Waals surface area contributed by atoms with Crippen molar-refractivity contribution in [2.45, 2.75) is 33.7 Å². The van der Waals surface area contributed by atoms with Crippen molar-refractivity contribution in [3.63, 3.8) is 0 Å². The molecule has 1 atom stereocenters. The van der Waals surface area contributed by atoms with Gasteiger partial charge >= 0.3 is 0 Å². The van der Waals surface area contributed by atoms with E-state index in [2.05, 4.69) is 38.2 Å².